The Balaban J connectivity index is 1.98. The van der Waals surface area contributed by atoms with Crippen molar-refractivity contribution in [3.8, 4) is 6.07 Å². The number of pyridine rings is 1. The SMILES string of the molecule is N#CCN1CCN(C(=O)c2cncc(Br)c2)CC1. The molecule has 0 radical (unpaired) electrons. The Kier molecular flexibility index (Phi) is 4.28. The molecule has 1 aliphatic rings. The van der Waals surface area contributed by atoms with Crippen LogP contribution < -0.4 is 0 Å². The lowest BCUT2D eigenvalue weighted by atomic mass is 10.2. The van der Waals surface area contributed by atoms with Crippen LogP contribution in [0.3, 0.4) is 0 Å². The molecule has 1 aliphatic heterocycles. The largest absolute Gasteiger partial charge is 0.336 e. The van der Waals surface area contributed by atoms with Crippen LogP contribution in [0.5, 0.6) is 0 Å². The van der Waals surface area contributed by atoms with Crippen molar-refractivity contribution in [1.29, 1.82) is 5.26 Å². The van der Waals surface area contributed by atoms with E-state index in [1.807, 2.05) is 4.90 Å². The van der Waals surface area contributed by atoms with Crippen LogP contribution in [0.15, 0.2) is 22.9 Å². The topological polar surface area (TPSA) is 60.2 Å². The zero-order valence-corrected chi connectivity index (χ0v) is 11.4. The third-order valence-electron chi connectivity index (χ3n) is 2.91. The second-order valence-electron chi connectivity index (χ2n) is 4.12. The fraction of sp³-hybridized carbons (Fsp3) is 0.417. The third kappa shape index (κ3) is 3.06. The third-order valence-corrected chi connectivity index (χ3v) is 3.34. The summed E-state index contributed by atoms with van der Waals surface area (Å²) in [6.07, 6.45) is 3.23. The van der Waals surface area contributed by atoms with E-state index in [1.165, 1.54) is 0 Å². The molecule has 1 aromatic heterocycles. The Morgan fingerprint density at radius 3 is 2.72 bits per heavy atom. The van der Waals surface area contributed by atoms with Crippen LogP contribution in [0.4, 0.5) is 0 Å². The van der Waals surface area contributed by atoms with Crippen molar-refractivity contribution in [2.45, 2.75) is 0 Å². The molecule has 0 aliphatic carbocycles. The fourth-order valence-electron chi connectivity index (χ4n) is 1.92. The van der Waals surface area contributed by atoms with Crippen LogP contribution in [0, 0.1) is 11.3 Å². The molecule has 0 spiro atoms. The van der Waals surface area contributed by atoms with Crippen LogP contribution in [0.1, 0.15) is 10.4 Å². The number of nitrogens with zero attached hydrogens (tertiary/aromatic N) is 4. The molecule has 6 heteroatoms. The van der Waals surface area contributed by atoms with Crippen molar-refractivity contribution in [1.82, 2.24) is 14.8 Å². The number of rotatable bonds is 2. The van der Waals surface area contributed by atoms with Gasteiger partial charge in [0.1, 0.15) is 0 Å². The molecule has 0 aromatic carbocycles. The summed E-state index contributed by atoms with van der Waals surface area (Å²) in [4.78, 5) is 20.0. The Morgan fingerprint density at radius 1 is 1.39 bits per heavy atom. The summed E-state index contributed by atoms with van der Waals surface area (Å²) >= 11 is 3.31. The van der Waals surface area contributed by atoms with Gasteiger partial charge in [-0.05, 0) is 22.0 Å². The van der Waals surface area contributed by atoms with Gasteiger partial charge in [0.15, 0.2) is 0 Å². The van der Waals surface area contributed by atoms with Gasteiger partial charge in [0.05, 0.1) is 18.2 Å². The summed E-state index contributed by atoms with van der Waals surface area (Å²) in [7, 11) is 0. The van der Waals surface area contributed by atoms with Gasteiger partial charge in [-0.3, -0.25) is 14.7 Å². The first-order valence-corrected chi connectivity index (χ1v) is 6.49. The number of nitriles is 1. The minimum Gasteiger partial charge on any atom is -0.336 e. The number of aromatic nitrogens is 1. The second-order valence-corrected chi connectivity index (χ2v) is 5.03. The number of carbonyl (C=O) groups excluding carboxylic acids is 1. The molecular weight excluding hydrogens is 296 g/mol. The number of halogens is 1. The normalized spacial score (nSPS) is 16.3. The number of hydrogen-bond donors (Lipinski definition) is 0. The quantitative estimate of drug-likeness (QED) is 0.768. The molecule has 0 N–H and O–H groups in total. The van der Waals surface area contributed by atoms with E-state index in [4.69, 9.17) is 5.26 Å². The van der Waals surface area contributed by atoms with Gasteiger partial charge in [0, 0.05) is 43.0 Å². The van der Waals surface area contributed by atoms with Gasteiger partial charge >= 0.3 is 0 Å². The van der Waals surface area contributed by atoms with E-state index in [2.05, 4.69) is 27.0 Å². The minimum absolute atomic E-state index is 0.000377. The molecular formula is C12H13BrN4O. The highest BCUT2D eigenvalue weighted by atomic mass is 79.9. The smallest absolute Gasteiger partial charge is 0.255 e. The van der Waals surface area contributed by atoms with Crippen molar-refractivity contribution < 1.29 is 4.79 Å². The maximum absolute atomic E-state index is 12.2. The Bertz CT molecular complexity index is 477. The molecule has 0 atom stereocenters. The van der Waals surface area contributed by atoms with Crippen molar-refractivity contribution in [3.05, 3.63) is 28.5 Å². The van der Waals surface area contributed by atoms with E-state index in [0.717, 1.165) is 17.6 Å². The van der Waals surface area contributed by atoms with Gasteiger partial charge in [0.2, 0.25) is 0 Å². The van der Waals surface area contributed by atoms with E-state index >= 15 is 0 Å². The average Bonchev–Trinajstić information content (AvgIpc) is 2.39. The Hall–Kier alpha value is -1.45. The molecule has 1 fully saturated rings. The van der Waals surface area contributed by atoms with Crippen molar-refractivity contribution in [2.24, 2.45) is 0 Å². The standard InChI is InChI=1S/C12H13BrN4O/c13-11-7-10(8-15-9-11)12(18)17-5-3-16(2-1-14)4-6-17/h7-9H,2-6H2. The van der Waals surface area contributed by atoms with E-state index in [0.29, 0.717) is 25.2 Å². The molecule has 1 saturated heterocycles. The van der Waals surface area contributed by atoms with Gasteiger partial charge in [-0.1, -0.05) is 0 Å². The van der Waals surface area contributed by atoms with E-state index in [-0.39, 0.29) is 5.91 Å². The molecule has 0 bridgehead atoms. The lowest BCUT2D eigenvalue weighted by Gasteiger charge is -2.33. The van der Waals surface area contributed by atoms with Gasteiger partial charge in [-0.2, -0.15) is 5.26 Å². The molecule has 0 saturated carbocycles. The van der Waals surface area contributed by atoms with E-state index < -0.39 is 0 Å². The Labute approximate surface area is 114 Å². The van der Waals surface area contributed by atoms with Gasteiger partial charge < -0.3 is 4.90 Å². The minimum atomic E-state index is 0.000377. The summed E-state index contributed by atoms with van der Waals surface area (Å²) in [6, 6.07) is 3.90. The van der Waals surface area contributed by atoms with E-state index in [1.54, 1.807) is 23.4 Å². The Morgan fingerprint density at radius 2 is 2.11 bits per heavy atom. The maximum atomic E-state index is 12.2. The first kappa shape index (κ1) is 13.0. The fourth-order valence-corrected chi connectivity index (χ4v) is 2.29. The second kappa shape index (κ2) is 5.94. The van der Waals surface area contributed by atoms with Crippen LogP contribution >= 0.6 is 15.9 Å². The summed E-state index contributed by atoms with van der Waals surface area (Å²) in [5.41, 5.74) is 0.595. The zero-order valence-electron chi connectivity index (χ0n) is 9.84. The van der Waals surface area contributed by atoms with Crippen LogP contribution in [0.2, 0.25) is 0 Å². The molecule has 1 aromatic rings. The average molecular weight is 309 g/mol. The predicted molar refractivity (Wildman–Crippen MR) is 69.9 cm³/mol. The van der Waals surface area contributed by atoms with Crippen LogP contribution in [-0.2, 0) is 0 Å². The van der Waals surface area contributed by atoms with Gasteiger partial charge in [-0.25, -0.2) is 0 Å². The molecule has 94 valence electrons. The van der Waals surface area contributed by atoms with Gasteiger partial charge in [0.25, 0.3) is 5.91 Å². The number of hydrogen-bond acceptors (Lipinski definition) is 4. The summed E-state index contributed by atoms with van der Waals surface area (Å²) in [5.74, 6) is 0.000377. The molecule has 1 amide bonds. The lowest BCUT2D eigenvalue weighted by molar-refractivity contribution is 0.0651. The number of piperazine rings is 1. The maximum Gasteiger partial charge on any atom is 0.255 e. The van der Waals surface area contributed by atoms with Crippen molar-refractivity contribution in [3.63, 3.8) is 0 Å². The first-order chi connectivity index (χ1) is 8.70. The van der Waals surface area contributed by atoms with Crippen LogP contribution in [0.25, 0.3) is 0 Å². The van der Waals surface area contributed by atoms with Crippen molar-refractivity contribution in [2.75, 3.05) is 32.7 Å². The molecule has 0 unspecified atom stereocenters. The van der Waals surface area contributed by atoms with Gasteiger partial charge in [-0.15, -0.1) is 0 Å². The molecule has 2 rings (SSSR count). The highest BCUT2D eigenvalue weighted by Gasteiger charge is 2.22. The highest BCUT2D eigenvalue weighted by Crippen LogP contribution is 2.13. The monoisotopic (exact) mass is 308 g/mol. The molecule has 18 heavy (non-hydrogen) atoms. The summed E-state index contributed by atoms with van der Waals surface area (Å²) < 4.78 is 0.802. The summed E-state index contributed by atoms with van der Waals surface area (Å²) in [6.45, 7) is 3.25. The molecule has 5 nitrogen and oxygen atoms in total. The van der Waals surface area contributed by atoms with E-state index in [9.17, 15) is 4.79 Å². The number of amides is 1. The summed E-state index contributed by atoms with van der Waals surface area (Å²) in [5, 5.41) is 8.62. The molecule has 2 heterocycles. The van der Waals surface area contributed by atoms with Crippen molar-refractivity contribution >= 4 is 21.8 Å². The predicted octanol–water partition coefficient (Wildman–Crippen LogP) is 1.13. The number of carbonyl (C=O) groups is 1. The lowest BCUT2D eigenvalue weighted by Crippen LogP contribution is -2.48. The first-order valence-electron chi connectivity index (χ1n) is 5.70. The zero-order chi connectivity index (χ0) is 13.0. The highest BCUT2D eigenvalue weighted by molar-refractivity contribution is 9.10. The van der Waals surface area contributed by atoms with Crippen LogP contribution in [-0.4, -0.2) is 53.4 Å².